The Bertz CT molecular complexity index is 513. The molecule has 2 N–H and O–H groups in total. The minimum atomic E-state index is -0.195. The Morgan fingerprint density at radius 3 is 2.89 bits per heavy atom. The van der Waals surface area contributed by atoms with Crippen LogP contribution < -0.4 is 10.6 Å². The van der Waals surface area contributed by atoms with Crippen molar-refractivity contribution in [2.24, 2.45) is 0 Å². The number of hydrogen-bond acceptors (Lipinski definition) is 4. The van der Waals surface area contributed by atoms with Crippen LogP contribution in [0.2, 0.25) is 0 Å². The number of carbonyl (C=O) groups is 1. The van der Waals surface area contributed by atoms with Crippen molar-refractivity contribution in [3.63, 3.8) is 0 Å². The Hall–Kier alpha value is -1.95. The molecule has 0 atom stereocenters. The molecule has 18 heavy (non-hydrogen) atoms. The highest BCUT2D eigenvalue weighted by atomic mass is 32.1. The summed E-state index contributed by atoms with van der Waals surface area (Å²) in [6.45, 7) is 2.84. The first-order chi connectivity index (χ1) is 8.74. The summed E-state index contributed by atoms with van der Waals surface area (Å²) in [7, 11) is 0. The predicted molar refractivity (Wildman–Crippen MR) is 70.2 cm³/mol. The Kier molecular flexibility index (Phi) is 4.25. The molecule has 94 valence electrons. The minimum absolute atomic E-state index is 0.195. The van der Waals surface area contributed by atoms with E-state index in [9.17, 15) is 4.79 Å². The zero-order chi connectivity index (χ0) is 12.8. The molecule has 2 rings (SSSR count). The summed E-state index contributed by atoms with van der Waals surface area (Å²) in [4.78, 5) is 20.7. The first kappa shape index (κ1) is 12.5. The third-order valence-corrected chi connectivity index (χ3v) is 3.17. The summed E-state index contributed by atoms with van der Waals surface area (Å²) in [5.41, 5.74) is 1.69. The maximum atomic E-state index is 11.5. The van der Waals surface area contributed by atoms with Crippen LogP contribution in [0.3, 0.4) is 0 Å². The van der Waals surface area contributed by atoms with Gasteiger partial charge in [0, 0.05) is 10.6 Å². The highest BCUT2D eigenvalue weighted by Gasteiger charge is 2.02. The van der Waals surface area contributed by atoms with Gasteiger partial charge < -0.3 is 10.6 Å². The highest BCUT2D eigenvalue weighted by Crippen LogP contribution is 2.07. The van der Waals surface area contributed by atoms with Crippen LogP contribution >= 0.6 is 11.3 Å². The lowest BCUT2D eigenvalue weighted by atomic mass is 10.3. The molecule has 0 saturated carbocycles. The van der Waals surface area contributed by atoms with E-state index in [2.05, 4.69) is 20.6 Å². The van der Waals surface area contributed by atoms with Gasteiger partial charge >= 0.3 is 6.03 Å². The molecule has 0 fully saturated rings. The molecule has 0 aliphatic carbocycles. The third kappa shape index (κ3) is 3.81. The van der Waals surface area contributed by atoms with Gasteiger partial charge in [-0.3, -0.25) is 0 Å². The molecule has 0 unspecified atom stereocenters. The van der Waals surface area contributed by atoms with Crippen LogP contribution in [-0.2, 0) is 13.1 Å². The molecule has 2 aromatic rings. The number of aryl methyl sites for hydroxylation is 1. The fraction of sp³-hybridized carbons (Fsp3) is 0.250. The Morgan fingerprint density at radius 2 is 2.17 bits per heavy atom. The average molecular weight is 262 g/mol. The fourth-order valence-electron chi connectivity index (χ4n) is 1.42. The molecule has 5 nitrogen and oxygen atoms in total. The van der Waals surface area contributed by atoms with E-state index in [0.29, 0.717) is 13.1 Å². The van der Waals surface area contributed by atoms with Gasteiger partial charge in [-0.15, -0.1) is 11.3 Å². The van der Waals surface area contributed by atoms with Crippen molar-refractivity contribution in [2.75, 3.05) is 0 Å². The fourth-order valence-corrected chi connectivity index (χ4v) is 2.06. The number of nitrogens with one attached hydrogen (secondary N) is 2. The molecular weight excluding hydrogens is 248 g/mol. The molecule has 2 heterocycles. The lowest BCUT2D eigenvalue weighted by Crippen LogP contribution is -2.34. The predicted octanol–water partition coefficient (Wildman–Crippen LogP) is 1.85. The maximum Gasteiger partial charge on any atom is 0.315 e. The summed E-state index contributed by atoms with van der Waals surface area (Å²) >= 11 is 1.62. The van der Waals surface area contributed by atoms with Crippen molar-refractivity contribution in [1.82, 2.24) is 20.6 Å². The number of rotatable bonds is 4. The van der Waals surface area contributed by atoms with E-state index in [-0.39, 0.29) is 6.03 Å². The van der Waals surface area contributed by atoms with E-state index in [0.717, 1.165) is 16.3 Å². The van der Waals surface area contributed by atoms with Crippen molar-refractivity contribution in [3.8, 4) is 0 Å². The van der Waals surface area contributed by atoms with Gasteiger partial charge in [0.15, 0.2) is 0 Å². The third-order valence-electron chi connectivity index (χ3n) is 2.29. The molecule has 6 heteroatoms. The van der Waals surface area contributed by atoms with E-state index in [1.807, 2.05) is 30.5 Å². The van der Waals surface area contributed by atoms with Gasteiger partial charge in [-0.2, -0.15) is 0 Å². The van der Waals surface area contributed by atoms with Gasteiger partial charge in [0.05, 0.1) is 18.8 Å². The van der Waals surface area contributed by atoms with Crippen LogP contribution in [0.1, 0.15) is 16.3 Å². The van der Waals surface area contributed by atoms with Gasteiger partial charge in [0.1, 0.15) is 6.33 Å². The normalized spacial score (nSPS) is 10.1. The van der Waals surface area contributed by atoms with Crippen molar-refractivity contribution in [2.45, 2.75) is 20.0 Å². The van der Waals surface area contributed by atoms with E-state index >= 15 is 0 Å². The van der Waals surface area contributed by atoms with Gasteiger partial charge in [0.2, 0.25) is 0 Å². The van der Waals surface area contributed by atoms with Crippen molar-refractivity contribution < 1.29 is 4.79 Å². The lowest BCUT2D eigenvalue weighted by molar-refractivity contribution is 0.240. The SMILES string of the molecule is Cc1cc(CNC(=O)NCc2cccs2)ncn1. The van der Waals surface area contributed by atoms with Crippen LogP contribution in [-0.4, -0.2) is 16.0 Å². The van der Waals surface area contributed by atoms with Gasteiger partial charge in [-0.1, -0.05) is 6.07 Å². The van der Waals surface area contributed by atoms with E-state index in [1.165, 1.54) is 6.33 Å². The molecule has 0 saturated heterocycles. The number of hydrogen-bond donors (Lipinski definition) is 2. The minimum Gasteiger partial charge on any atom is -0.333 e. The summed E-state index contributed by atoms with van der Waals surface area (Å²) in [6.07, 6.45) is 1.50. The van der Waals surface area contributed by atoms with Crippen molar-refractivity contribution in [1.29, 1.82) is 0 Å². The monoisotopic (exact) mass is 262 g/mol. The number of aromatic nitrogens is 2. The number of thiophene rings is 1. The van der Waals surface area contributed by atoms with Crippen molar-refractivity contribution in [3.05, 3.63) is 46.2 Å². The van der Waals surface area contributed by atoms with Gasteiger partial charge in [0.25, 0.3) is 0 Å². The highest BCUT2D eigenvalue weighted by molar-refractivity contribution is 7.09. The van der Waals surface area contributed by atoms with E-state index < -0.39 is 0 Å². The second-order valence-electron chi connectivity index (χ2n) is 3.77. The van der Waals surface area contributed by atoms with E-state index in [4.69, 9.17) is 0 Å². The largest absolute Gasteiger partial charge is 0.333 e. The smallest absolute Gasteiger partial charge is 0.315 e. The van der Waals surface area contributed by atoms with Crippen LogP contribution in [0.5, 0.6) is 0 Å². The molecule has 2 aromatic heterocycles. The second kappa shape index (κ2) is 6.11. The zero-order valence-electron chi connectivity index (χ0n) is 10.0. The first-order valence-corrected chi connectivity index (χ1v) is 6.43. The summed E-state index contributed by atoms with van der Waals surface area (Å²) in [5.74, 6) is 0. The number of nitrogens with zero attached hydrogens (tertiary/aromatic N) is 2. The Balaban J connectivity index is 1.75. The summed E-state index contributed by atoms with van der Waals surface area (Å²) in [6, 6.07) is 5.60. The standard InChI is InChI=1S/C12H14N4OS/c1-9-5-10(16-8-15-9)6-13-12(17)14-7-11-3-2-4-18-11/h2-5,8H,6-7H2,1H3,(H2,13,14,17). The Labute approximate surface area is 109 Å². The topological polar surface area (TPSA) is 66.9 Å². The summed E-state index contributed by atoms with van der Waals surface area (Å²) in [5, 5.41) is 7.52. The molecule has 0 aliphatic rings. The van der Waals surface area contributed by atoms with Crippen molar-refractivity contribution >= 4 is 17.4 Å². The molecule has 0 aliphatic heterocycles. The van der Waals surface area contributed by atoms with Crippen LogP contribution in [0.4, 0.5) is 4.79 Å². The quantitative estimate of drug-likeness (QED) is 0.883. The number of amides is 2. The second-order valence-corrected chi connectivity index (χ2v) is 4.80. The molecular formula is C12H14N4OS. The number of carbonyl (C=O) groups excluding carboxylic acids is 1. The van der Waals surface area contributed by atoms with Gasteiger partial charge in [-0.25, -0.2) is 14.8 Å². The lowest BCUT2D eigenvalue weighted by Gasteiger charge is -2.06. The van der Waals surface area contributed by atoms with Crippen LogP contribution in [0.15, 0.2) is 29.9 Å². The molecule has 0 aromatic carbocycles. The van der Waals surface area contributed by atoms with Crippen LogP contribution in [0.25, 0.3) is 0 Å². The molecule has 0 bridgehead atoms. The summed E-state index contributed by atoms with van der Waals surface area (Å²) < 4.78 is 0. The molecule has 0 radical (unpaired) electrons. The molecule has 2 amide bonds. The van der Waals surface area contributed by atoms with E-state index in [1.54, 1.807) is 11.3 Å². The zero-order valence-corrected chi connectivity index (χ0v) is 10.8. The molecule has 0 spiro atoms. The average Bonchev–Trinajstić information content (AvgIpc) is 2.87. The number of urea groups is 1. The van der Waals surface area contributed by atoms with Crippen LogP contribution in [0, 0.1) is 6.92 Å². The maximum absolute atomic E-state index is 11.5. The Morgan fingerprint density at radius 1 is 1.33 bits per heavy atom. The first-order valence-electron chi connectivity index (χ1n) is 5.55. The van der Waals surface area contributed by atoms with Gasteiger partial charge in [-0.05, 0) is 24.4 Å².